The van der Waals surface area contributed by atoms with E-state index in [1.807, 2.05) is 0 Å². The van der Waals surface area contributed by atoms with Crippen LogP contribution < -0.4 is 5.32 Å². The van der Waals surface area contributed by atoms with E-state index >= 15 is 0 Å². The SMILES string of the molecule is C[C@@H](/C=C/CO)NC(=O)O. The van der Waals surface area contributed by atoms with Gasteiger partial charge in [-0.25, -0.2) is 4.79 Å². The Morgan fingerprint density at radius 3 is 2.80 bits per heavy atom. The van der Waals surface area contributed by atoms with Crippen LogP contribution in [0.2, 0.25) is 0 Å². The van der Waals surface area contributed by atoms with Crippen LogP contribution >= 0.6 is 0 Å². The van der Waals surface area contributed by atoms with Crippen molar-refractivity contribution < 1.29 is 15.0 Å². The van der Waals surface area contributed by atoms with Crippen LogP contribution in [0.25, 0.3) is 0 Å². The highest BCUT2D eigenvalue weighted by molar-refractivity contribution is 5.65. The van der Waals surface area contributed by atoms with Gasteiger partial charge < -0.3 is 15.5 Å². The van der Waals surface area contributed by atoms with E-state index in [4.69, 9.17) is 10.2 Å². The van der Waals surface area contributed by atoms with Gasteiger partial charge >= 0.3 is 6.09 Å². The van der Waals surface area contributed by atoms with Crippen molar-refractivity contribution in [3.63, 3.8) is 0 Å². The number of hydrogen-bond donors (Lipinski definition) is 3. The highest BCUT2D eigenvalue weighted by Crippen LogP contribution is 1.83. The summed E-state index contributed by atoms with van der Waals surface area (Å²) in [4.78, 5) is 9.97. The van der Waals surface area contributed by atoms with E-state index in [-0.39, 0.29) is 12.6 Å². The Labute approximate surface area is 59.2 Å². The van der Waals surface area contributed by atoms with Crippen molar-refractivity contribution in [1.29, 1.82) is 0 Å². The Balaban J connectivity index is 3.52. The molecule has 0 aliphatic heterocycles. The molecule has 0 aromatic rings. The van der Waals surface area contributed by atoms with E-state index in [9.17, 15) is 4.79 Å². The molecule has 0 spiro atoms. The van der Waals surface area contributed by atoms with Gasteiger partial charge in [0.1, 0.15) is 0 Å². The second-order valence-electron chi connectivity index (χ2n) is 1.85. The summed E-state index contributed by atoms with van der Waals surface area (Å²) in [5, 5.41) is 18.7. The maximum absolute atomic E-state index is 9.97. The van der Waals surface area contributed by atoms with Crippen LogP contribution in [0.15, 0.2) is 12.2 Å². The van der Waals surface area contributed by atoms with Gasteiger partial charge in [-0.3, -0.25) is 0 Å². The summed E-state index contributed by atoms with van der Waals surface area (Å²) in [5.74, 6) is 0. The number of aliphatic hydroxyl groups excluding tert-OH is 1. The maximum Gasteiger partial charge on any atom is 0.405 e. The standard InChI is InChI=1S/C6H11NO3/c1-5(3-2-4-8)7-6(9)10/h2-3,5,7-8H,4H2,1H3,(H,9,10)/b3-2+/t5-/m0/s1. The summed E-state index contributed by atoms with van der Waals surface area (Å²) in [6.45, 7) is 1.62. The number of aliphatic hydroxyl groups is 1. The van der Waals surface area contributed by atoms with E-state index in [2.05, 4.69) is 5.32 Å². The number of nitrogens with one attached hydrogen (secondary N) is 1. The van der Waals surface area contributed by atoms with Crippen molar-refractivity contribution >= 4 is 6.09 Å². The molecule has 0 unspecified atom stereocenters. The molecule has 0 aromatic heterocycles. The lowest BCUT2D eigenvalue weighted by Gasteiger charge is -2.03. The molecule has 1 atom stereocenters. The smallest absolute Gasteiger partial charge is 0.405 e. The van der Waals surface area contributed by atoms with Crippen molar-refractivity contribution in [1.82, 2.24) is 5.32 Å². The number of carbonyl (C=O) groups is 1. The molecular formula is C6H11NO3. The van der Waals surface area contributed by atoms with Crippen molar-refractivity contribution in [2.24, 2.45) is 0 Å². The third-order valence-corrected chi connectivity index (χ3v) is 0.881. The molecule has 4 nitrogen and oxygen atoms in total. The summed E-state index contributed by atoms with van der Waals surface area (Å²) < 4.78 is 0. The molecule has 10 heavy (non-hydrogen) atoms. The largest absolute Gasteiger partial charge is 0.465 e. The highest BCUT2D eigenvalue weighted by Gasteiger charge is 1.98. The topological polar surface area (TPSA) is 69.6 Å². The van der Waals surface area contributed by atoms with Crippen LogP contribution in [0.3, 0.4) is 0 Å². The Hall–Kier alpha value is -1.03. The molecular weight excluding hydrogens is 134 g/mol. The predicted octanol–water partition coefficient (Wildman–Crippen LogP) is 0.191. The molecule has 58 valence electrons. The molecule has 0 radical (unpaired) electrons. The van der Waals surface area contributed by atoms with Gasteiger partial charge in [-0.2, -0.15) is 0 Å². The second-order valence-corrected chi connectivity index (χ2v) is 1.85. The molecule has 0 aliphatic carbocycles. The lowest BCUT2D eigenvalue weighted by Crippen LogP contribution is -2.29. The Bertz CT molecular complexity index is 133. The third-order valence-electron chi connectivity index (χ3n) is 0.881. The molecule has 0 aromatic carbocycles. The minimum Gasteiger partial charge on any atom is -0.465 e. The van der Waals surface area contributed by atoms with Crippen LogP contribution in [0, 0.1) is 0 Å². The zero-order valence-electron chi connectivity index (χ0n) is 5.74. The minimum atomic E-state index is -1.06. The molecule has 0 heterocycles. The number of rotatable bonds is 3. The number of carboxylic acid groups (broad SMARTS) is 1. The van der Waals surface area contributed by atoms with E-state index in [1.54, 1.807) is 13.0 Å². The lowest BCUT2D eigenvalue weighted by molar-refractivity contribution is 0.192. The molecule has 0 rings (SSSR count). The fourth-order valence-electron chi connectivity index (χ4n) is 0.508. The monoisotopic (exact) mass is 145 g/mol. The van der Waals surface area contributed by atoms with Crippen molar-refractivity contribution in [3.8, 4) is 0 Å². The van der Waals surface area contributed by atoms with Gasteiger partial charge in [-0.1, -0.05) is 12.2 Å². The van der Waals surface area contributed by atoms with Gasteiger partial charge in [-0.05, 0) is 6.92 Å². The molecule has 0 saturated heterocycles. The first-order valence-electron chi connectivity index (χ1n) is 2.93. The maximum atomic E-state index is 9.97. The summed E-state index contributed by atoms with van der Waals surface area (Å²) in [7, 11) is 0. The van der Waals surface area contributed by atoms with Crippen LogP contribution in [0.5, 0.6) is 0 Å². The second kappa shape index (κ2) is 4.81. The van der Waals surface area contributed by atoms with Gasteiger partial charge in [0.15, 0.2) is 0 Å². The summed E-state index contributed by atoms with van der Waals surface area (Å²) in [5.41, 5.74) is 0. The first kappa shape index (κ1) is 8.97. The first-order chi connectivity index (χ1) is 4.66. The van der Waals surface area contributed by atoms with Crippen LogP contribution in [0.4, 0.5) is 4.79 Å². The van der Waals surface area contributed by atoms with Crippen LogP contribution in [-0.2, 0) is 0 Å². The summed E-state index contributed by atoms with van der Waals surface area (Å²) in [6, 6.07) is -0.246. The normalized spacial score (nSPS) is 13.4. The van der Waals surface area contributed by atoms with E-state index in [0.29, 0.717) is 0 Å². The lowest BCUT2D eigenvalue weighted by atomic mass is 10.3. The zero-order valence-corrected chi connectivity index (χ0v) is 5.74. The third kappa shape index (κ3) is 5.11. The first-order valence-corrected chi connectivity index (χ1v) is 2.93. The molecule has 1 amide bonds. The molecule has 0 saturated carbocycles. The van der Waals surface area contributed by atoms with Crippen molar-refractivity contribution in [2.75, 3.05) is 6.61 Å². The average Bonchev–Trinajstić information content (AvgIpc) is 1.82. The molecule has 4 heteroatoms. The van der Waals surface area contributed by atoms with Gasteiger partial charge in [0, 0.05) is 6.04 Å². The van der Waals surface area contributed by atoms with E-state index in [0.717, 1.165) is 0 Å². The van der Waals surface area contributed by atoms with Crippen molar-refractivity contribution in [3.05, 3.63) is 12.2 Å². The Kier molecular flexibility index (Phi) is 4.32. The summed E-state index contributed by atoms with van der Waals surface area (Å²) >= 11 is 0. The van der Waals surface area contributed by atoms with Gasteiger partial charge in [-0.15, -0.1) is 0 Å². The molecule has 0 fully saturated rings. The van der Waals surface area contributed by atoms with Crippen LogP contribution in [-0.4, -0.2) is 29.0 Å². The minimum absolute atomic E-state index is 0.0639. The van der Waals surface area contributed by atoms with Gasteiger partial charge in [0.05, 0.1) is 6.61 Å². The fraction of sp³-hybridized carbons (Fsp3) is 0.500. The highest BCUT2D eigenvalue weighted by atomic mass is 16.4. The van der Waals surface area contributed by atoms with Crippen molar-refractivity contribution in [2.45, 2.75) is 13.0 Å². The average molecular weight is 145 g/mol. The number of amides is 1. The van der Waals surface area contributed by atoms with E-state index < -0.39 is 6.09 Å². The molecule has 0 aliphatic rings. The van der Waals surface area contributed by atoms with Crippen LogP contribution in [0.1, 0.15) is 6.92 Å². The quantitative estimate of drug-likeness (QED) is 0.496. The Morgan fingerprint density at radius 2 is 2.40 bits per heavy atom. The van der Waals surface area contributed by atoms with Gasteiger partial charge in [0.25, 0.3) is 0 Å². The van der Waals surface area contributed by atoms with Gasteiger partial charge in [0.2, 0.25) is 0 Å². The number of hydrogen-bond acceptors (Lipinski definition) is 2. The molecule has 3 N–H and O–H groups in total. The fourth-order valence-corrected chi connectivity index (χ4v) is 0.508. The predicted molar refractivity (Wildman–Crippen MR) is 36.8 cm³/mol. The zero-order chi connectivity index (χ0) is 7.98. The molecule has 0 bridgehead atoms. The summed E-state index contributed by atoms with van der Waals surface area (Å²) in [6.07, 6.45) is 2.00. The van der Waals surface area contributed by atoms with E-state index in [1.165, 1.54) is 6.08 Å². The Morgan fingerprint density at radius 1 is 1.80 bits per heavy atom.